The number of rotatable bonds is 2. The second-order valence-corrected chi connectivity index (χ2v) is 6.61. The van der Waals surface area contributed by atoms with Crippen LogP contribution in [-0.4, -0.2) is 19.3 Å². The highest BCUT2D eigenvalue weighted by atomic mass is 127. The van der Waals surface area contributed by atoms with Crippen LogP contribution in [0.3, 0.4) is 0 Å². The van der Waals surface area contributed by atoms with Gasteiger partial charge in [0.25, 0.3) is 0 Å². The number of hydrogen-bond acceptors (Lipinski definition) is 3. The third kappa shape index (κ3) is 2.50. The molecule has 0 fully saturated rings. The summed E-state index contributed by atoms with van der Waals surface area (Å²) >= 11 is 5.62. The van der Waals surface area contributed by atoms with Crippen LogP contribution in [0.5, 0.6) is 5.75 Å². The van der Waals surface area contributed by atoms with Crippen molar-refractivity contribution in [1.82, 2.24) is 0 Å². The number of halogens is 2. The zero-order valence-corrected chi connectivity index (χ0v) is 14.4. The first kappa shape index (κ1) is 14.4. The lowest BCUT2D eigenvalue weighted by Gasteiger charge is -2.14. The van der Waals surface area contributed by atoms with Crippen molar-refractivity contribution in [3.05, 3.63) is 55.6 Å². The maximum Gasteiger partial charge on any atom is 0.493 e. The van der Waals surface area contributed by atoms with Crippen molar-refractivity contribution in [3.63, 3.8) is 0 Å². The summed E-state index contributed by atoms with van der Waals surface area (Å²) in [6.07, 6.45) is -0.267. The van der Waals surface area contributed by atoms with E-state index in [2.05, 4.69) is 38.5 Å². The van der Waals surface area contributed by atoms with Crippen LogP contribution < -0.4 is 10.2 Å². The van der Waals surface area contributed by atoms with Gasteiger partial charge in [-0.1, -0.05) is 28.1 Å². The quantitative estimate of drug-likeness (QED) is 0.572. The van der Waals surface area contributed by atoms with Crippen molar-refractivity contribution in [1.29, 1.82) is 0 Å². The van der Waals surface area contributed by atoms with E-state index in [1.807, 2.05) is 36.4 Å². The summed E-state index contributed by atoms with van der Waals surface area (Å²) in [5, 5.41) is 10.1. The largest absolute Gasteiger partial charge is 0.497 e. The molecular weight excluding hydrogens is 434 g/mol. The molecule has 3 rings (SSSR count). The summed E-state index contributed by atoms with van der Waals surface area (Å²) in [4.78, 5) is 0. The van der Waals surface area contributed by atoms with Gasteiger partial charge in [0.15, 0.2) is 0 Å². The molecule has 0 aliphatic carbocycles. The van der Waals surface area contributed by atoms with Gasteiger partial charge in [-0.3, -0.25) is 0 Å². The Bertz CT molecular complexity index is 648. The van der Waals surface area contributed by atoms with Crippen LogP contribution in [0.2, 0.25) is 0 Å². The molecule has 1 aliphatic rings. The maximum absolute atomic E-state index is 10.1. The zero-order chi connectivity index (χ0) is 14.3. The second-order valence-electron chi connectivity index (χ2n) is 4.53. The van der Waals surface area contributed by atoms with Gasteiger partial charge in [0.1, 0.15) is 5.75 Å². The van der Waals surface area contributed by atoms with E-state index >= 15 is 0 Å². The topological polar surface area (TPSA) is 38.7 Å². The molecular formula is C14H11BBrIO3. The molecule has 3 nitrogen and oxygen atoms in total. The van der Waals surface area contributed by atoms with Crippen molar-refractivity contribution in [3.8, 4) is 5.75 Å². The molecule has 0 amide bonds. The molecule has 1 aliphatic heterocycles. The van der Waals surface area contributed by atoms with Gasteiger partial charge in [-0.25, -0.2) is 0 Å². The molecule has 20 heavy (non-hydrogen) atoms. The Kier molecular flexibility index (Phi) is 4.08. The van der Waals surface area contributed by atoms with Crippen LogP contribution in [-0.2, 0) is 4.65 Å². The van der Waals surface area contributed by atoms with E-state index in [0.717, 1.165) is 30.4 Å². The molecule has 2 aromatic rings. The zero-order valence-electron chi connectivity index (χ0n) is 10.6. The SMILES string of the molecule is COc1cc(I)c2c(c1)C(c1ccc(Br)cc1)OB2O. The van der Waals surface area contributed by atoms with Crippen LogP contribution in [0.25, 0.3) is 0 Å². The molecule has 1 N–H and O–H groups in total. The third-order valence-corrected chi connectivity index (χ3v) is 4.76. The molecule has 1 unspecified atom stereocenters. The lowest BCUT2D eigenvalue weighted by molar-refractivity contribution is 0.226. The summed E-state index contributed by atoms with van der Waals surface area (Å²) in [5.74, 6) is 0.771. The Labute approximate surface area is 139 Å². The van der Waals surface area contributed by atoms with E-state index in [-0.39, 0.29) is 6.10 Å². The summed E-state index contributed by atoms with van der Waals surface area (Å²) < 4.78 is 13.0. The summed E-state index contributed by atoms with van der Waals surface area (Å²) in [6, 6.07) is 11.7. The lowest BCUT2D eigenvalue weighted by Crippen LogP contribution is -2.30. The molecule has 0 bridgehead atoms. The van der Waals surface area contributed by atoms with Crippen molar-refractivity contribution in [2.45, 2.75) is 6.10 Å². The Morgan fingerprint density at radius 3 is 2.65 bits per heavy atom. The highest BCUT2D eigenvalue weighted by molar-refractivity contribution is 14.1. The first-order valence-corrected chi connectivity index (χ1v) is 7.93. The highest BCUT2D eigenvalue weighted by Gasteiger charge is 2.38. The van der Waals surface area contributed by atoms with Gasteiger partial charge in [-0.2, -0.15) is 0 Å². The van der Waals surface area contributed by atoms with Crippen molar-refractivity contribution in [2.24, 2.45) is 0 Å². The van der Waals surface area contributed by atoms with E-state index in [9.17, 15) is 5.02 Å². The van der Waals surface area contributed by atoms with E-state index < -0.39 is 7.12 Å². The number of fused-ring (bicyclic) bond motifs is 1. The molecule has 0 saturated carbocycles. The Morgan fingerprint density at radius 1 is 1.30 bits per heavy atom. The lowest BCUT2D eigenvalue weighted by atomic mass is 9.79. The van der Waals surface area contributed by atoms with Gasteiger partial charge in [-0.05, 0) is 58.0 Å². The molecule has 0 saturated heterocycles. The van der Waals surface area contributed by atoms with Crippen molar-refractivity contribution < 1.29 is 14.4 Å². The van der Waals surface area contributed by atoms with Crippen LogP contribution in [0.1, 0.15) is 17.2 Å². The van der Waals surface area contributed by atoms with Gasteiger partial charge in [-0.15, -0.1) is 0 Å². The maximum atomic E-state index is 10.1. The fraction of sp³-hybridized carbons (Fsp3) is 0.143. The average Bonchev–Trinajstić information content (AvgIpc) is 2.77. The number of benzene rings is 2. The highest BCUT2D eigenvalue weighted by Crippen LogP contribution is 2.34. The number of hydrogen-bond donors (Lipinski definition) is 1. The van der Waals surface area contributed by atoms with Gasteiger partial charge >= 0.3 is 7.12 Å². The van der Waals surface area contributed by atoms with Crippen molar-refractivity contribution in [2.75, 3.05) is 7.11 Å². The van der Waals surface area contributed by atoms with E-state index in [1.54, 1.807) is 7.11 Å². The second kappa shape index (κ2) is 5.67. The minimum Gasteiger partial charge on any atom is -0.497 e. The fourth-order valence-corrected chi connectivity index (χ4v) is 3.52. The Morgan fingerprint density at radius 2 is 2.00 bits per heavy atom. The monoisotopic (exact) mass is 444 g/mol. The molecule has 0 radical (unpaired) electrons. The van der Waals surface area contributed by atoms with Crippen LogP contribution >= 0.6 is 38.5 Å². The average molecular weight is 445 g/mol. The predicted molar refractivity (Wildman–Crippen MR) is 90.4 cm³/mol. The first-order valence-electron chi connectivity index (χ1n) is 6.06. The first-order chi connectivity index (χ1) is 9.60. The smallest absolute Gasteiger partial charge is 0.493 e. The normalized spacial score (nSPS) is 17.2. The Balaban J connectivity index is 2.10. The molecule has 1 atom stereocenters. The summed E-state index contributed by atoms with van der Waals surface area (Å²) in [6.45, 7) is 0. The third-order valence-electron chi connectivity index (χ3n) is 3.34. The van der Waals surface area contributed by atoms with E-state index in [1.165, 1.54) is 0 Å². The standard InChI is InChI=1S/C14H11BBrIO3/c1-19-10-6-11-13(12(17)7-10)15(18)20-14(11)8-2-4-9(16)5-3-8/h2-7,14,18H,1H3. The van der Waals surface area contributed by atoms with Gasteiger partial charge < -0.3 is 14.4 Å². The van der Waals surface area contributed by atoms with E-state index in [0.29, 0.717) is 0 Å². The van der Waals surface area contributed by atoms with E-state index in [4.69, 9.17) is 9.39 Å². The minimum absolute atomic E-state index is 0.267. The number of ether oxygens (including phenoxy) is 1. The van der Waals surface area contributed by atoms with Gasteiger partial charge in [0.2, 0.25) is 0 Å². The van der Waals surface area contributed by atoms with Crippen LogP contribution in [0.15, 0.2) is 40.9 Å². The van der Waals surface area contributed by atoms with Crippen molar-refractivity contribution >= 4 is 51.1 Å². The van der Waals surface area contributed by atoms with Gasteiger partial charge in [0, 0.05) is 13.5 Å². The fourth-order valence-electron chi connectivity index (χ4n) is 2.37. The van der Waals surface area contributed by atoms with Crippen LogP contribution in [0, 0.1) is 3.57 Å². The van der Waals surface area contributed by atoms with Crippen LogP contribution in [0.4, 0.5) is 0 Å². The predicted octanol–water partition coefficient (Wildman–Crippen LogP) is 2.87. The summed E-state index contributed by atoms with van der Waals surface area (Å²) in [7, 11) is 0.745. The molecule has 0 aromatic heterocycles. The molecule has 0 spiro atoms. The minimum atomic E-state index is -0.892. The molecule has 1 heterocycles. The van der Waals surface area contributed by atoms with Gasteiger partial charge in [0.05, 0.1) is 13.2 Å². The number of methoxy groups -OCH3 is 1. The molecule has 2 aromatic carbocycles. The molecule has 102 valence electrons. The summed E-state index contributed by atoms with van der Waals surface area (Å²) in [5.41, 5.74) is 2.80. The molecule has 6 heteroatoms. The Hall–Kier alpha value is -0.565.